The third kappa shape index (κ3) is 3.49. The highest BCUT2D eigenvalue weighted by Crippen LogP contribution is 2.15. The van der Waals surface area contributed by atoms with E-state index < -0.39 is 0 Å². The molecule has 0 bridgehead atoms. The Hall–Kier alpha value is -1.09. The maximum Gasteiger partial charge on any atom is 0.128 e. The molecule has 90 valence electrons. The van der Waals surface area contributed by atoms with Crippen LogP contribution in [0.15, 0.2) is 12.1 Å². The molecule has 0 fully saturated rings. The molecule has 0 saturated carbocycles. The van der Waals surface area contributed by atoms with Crippen LogP contribution in [-0.2, 0) is 6.54 Å². The maximum atomic E-state index is 5.67. The molecule has 1 unspecified atom stereocenters. The molecule has 1 aromatic heterocycles. The molecule has 3 heteroatoms. The monoisotopic (exact) mass is 221 g/mol. The number of anilines is 1. The summed E-state index contributed by atoms with van der Waals surface area (Å²) >= 11 is 0. The van der Waals surface area contributed by atoms with Crippen LogP contribution in [0.5, 0.6) is 0 Å². The minimum absolute atomic E-state index is 0.577. The Balaban J connectivity index is 2.82. The summed E-state index contributed by atoms with van der Waals surface area (Å²) in [5.74, 6) is 1.72. The van der Waals surface area contributed by atoms with Crippen molar-refractivity contribution in [2.75, 3.05) is 18.5 Å². The SMILES string of the molecule is CCC(C)CN(C)c1cc(CN)cc(C)n1. The molecule has 0 spiro atoms. The first-order chi connectivity index (χ1) is 7.56. The van der Waals surface area contributed by atoms with E-state index in [1.807, 2.05) is 13.0 Å². The summed E-state index contributed by atoms with van der Waals surface area (Å²) in [7, 11) is 2.09. The summed E-state index contributed by atoms with van der Waals surface area (Å²) in [6, 6.07) is 4.12. The summed E-state index contributed by atoms with van der Waals surface area (Å²) in [5.41, 5.74) is 7.86. The van der Waals surface area contributed by atoms with E-state index in [1.54, 1.807) is 0 Å². The molecule has 1 atom stereocenters. The van der Waals surface area contributed by atoms with E-state index in [1.165, 1.54) is 6.42 Å². The minimum Gasteiger partial charge on any atom is -0.359 e. The number of aryl methyl sites for hydroxylation is 1. The average Bonchev–Trinajstić information content (AvgIpc) is 2.27. The van der Waals surface area contributed by atoms with Crippen LogP contribution < -0.4 is 10.6 Å². The molecule has 1 heterocycles. The third-order valence-corrected chi connectivity index (χ3v) is 2.91. The lowest BCUT2D eigenvalue weighted by Crippen LogP contribution is -2.25. The number of rotatable bonds is 5. The average molecular weight is 221 g/mol. The standard InChI is InChI=1S/C13H23N3/c1-5-10(2)9-16(4)13-7-12(8-14)6-11(3)15-13/h6-7,10H,5,8-9,14H2,1-4H3. The quantitative estimate of drug-likeness (QED) is 0.829. The molecular formula is C13H23N3. The lowest BCUT2D eigenvalue weighted by molar-refractivity contribution is 0.557. The lowest BCUT2D eigenvalue weighted by Gasteiger charge is -2.22. The van der Waals surface area contributed by atoms with Crippen LogP contribution in [0.1, 0.15) is 31.5 Å². The highest BCUT2D eigenvalue weighted by molar-refractivity contribution is 5.41. The van der Waals surface area contributed by atoms with Crippen molar-refractivity contribution in [1.29, 1.82) is 0 Å². The predicted molar refractivity (Wildman–Crippen MR) is 69.6 cm³/mol. The summed E-state index contributed by atoms with van der Waals surface area (Å²) in [6.07, 6.45) is 1.19. The fourth-order valence-corrected chi connectivity index (χ4v) is 1.72. The predicted octanol–water partition coefficient (Wildman–Crippen LogP) is 2.33. The van der Waals surface area contributed by atoms with E-state index in [9.17, 15) is 0 Å². The van der Waals surface area contributed by atoms with Crippen molar-refractivity contribution in [3.63, 3.8) is 0 Å². The number of aromatic nitrogens is 1. The molecule has 1 rings (SSSR count). The molecule has 0 aliphatic carbocycles. The Morgan fingerprint density at radius 1 is 1.44 bits per heavy atom. The fraction of sp³-hybridized carbons (Fsp3) is 0.615. The lowest BCUT2D eigenvalue weighted by atomic mass is 10.1. The van der Waals surface area contributed by atoms with Crippen molar-refractivity contribution < 1.29 is 0 Å². The van der Waals surface area contributed by atoms with Gasteiger partial charge in [0.15, 0.2) is 0 Å². The van der Waals surface area contributed by atoms with Gasteiger partial charge in [0.1, 0.15) is 5.82 Å². The van der Waals surface area contributed by atoms with E-state index in [4.69, 9.17) is 5.73 Å². The first-order valence-electron chi connectivity index (χ1n) is 5.95. The van der Waals surface area contributed by atoms with Gasteiger partial charge in [0.2, 0.25) is 0 Å². The number of hydrogen-bond acceptors (Lipinski definition) is 3. The van der Waals surface area contributed by atoms with Crippen molar-refractivity contribution >= 4 is 5.82 Å². The molecule has 1 aromatic rings. The van der Waals surface area contributed by atoms with E-state index in [-0.39, 0.29) is 0 Å². The minimum atomic E-state index is 0.577. The highest BCUT2D eigenvalue weighted by Gasteiger charge is 2.08. The Labute approximate surface area is 98.7 Å². The van der Waals surface area contributed by atoms with Crippen LogP contribution in [0.4, 0.5) is 5.82 Å². The summed E-state index contributed by atoms with van der Waals surface area (Å²) in [6.45, 7) is 8.11. The molecular weight excluding hydrogens is 198 g/mol. The van der Waals surface area contributed by atoms with Crippen LogP contribution in [0.3, 0.4) is 0 Å². The summed E-state index contributed by atoms with van der Waals surface area (Å²) < 4.78 is 0. The largest absolute Gasteiger partial charge is 0.359 e. The van der Waals surface area contributed by atoms with Crippen molar-refractivity contribution in [1.82, 2.24) is 4.98 Å². The van der Waals surface area contributed by atoms with Gasteiger partial charge in [-0.2, -0.15) is 0 Å². The molecule has 0 saturated heterocycles. The second kappa shape index (κ2) is 5.85. The van der Waals surface area contributed by atoms with E-state index in [0.717, 1.165) is 23.6 Å². The van der Waals surface area contributed by atoms with Crippen LogP contribution in [-0.4, -0.2) is 18.6 Å². The molecule has 0 aromatic carbocycles. The van der Waals surface area contributed by atoms with Crippen molar-refractivity contribution in [2.24, 2.45) is 11.7 Å². The normalized spacial score (nSPS) is 12.6. The maximum absolute atomic E-state index is 5.67. The van der Waals surface area contributed by atoms with Crippen LogP contribution in [0.2, 0.25) is 0 Å². The van der Waals surface area contributed by atoms with Crippen molar-refractivity contribution in [3.05, 3.63) is 23.4 Å². The van der Waals surface area contributed by atoms with E-state index in [0.29, 0.717) is 12.5 Å². The molecule has 16 heavy (non-hydrogen) atoms. The summed E-state index contributed by atoms with van der Waals surface area (Å²) in [4.78, 5) is 6.75. The first kappa shape index (κ1) is 13.0. The number of hydrogen-bond donors (Lipinski definition) is 1. The van der Waals surface area contributed by atoms with Gasteiger partial charge in [-0.1, -0.05) is 20.3 Å². The van der Waals surface area contributed by atoms with Gasteiger partial charge in [-0.25, -0.2) is 4.98 Å². The highest BCUT2D eigenvalue weighted by atomic mass is 15.2. The van der Waals surface area contributed by atoms with Crippen LogP contribution >= 0.6 is 0 Å². The van der Waals surface area contributed by atoms with E-state index >= 15 is 0 Å². The van der Waals surface area contributed by atoms with Gasteiger partial charge in [-0.3, -0.25) is 0 Å². The van der Waals surface area contributed by atoms with Gasteiger partial charge in [0, 0.05) is 25.8 Å². The van der Waals surface area contributed by atoms with Crippen molar-refractivity contribution in [3.8, 4) is 0 Å². The van der Waals surface area contributed by atoms with Gasteiger partial charge < -0.3 is 10.6 Å². The Kier molecular flexibility index (Phi) is 4.74. The summed E-state index contributed by atoms with van der Waals surface area (Å²) in [5, 5.41) is 0. The van der Waals surface area contributed by atoms with Gasteiger partial charge in [0.25, 0.3) is 0 Å². The zero-order valence-electron chi connectivity index (χ0n) is 10.8. The molecule has 0 radical (unpaired) electrons. The van der Waals surface area contributed by atoms with Gasteiger partial charge in [-0.05, 0) is 30.5 Å². The second-order valence-corrected chi connectivity index (χ2v) is 4.57. The number of nitrogens with zero attached hydrogens (tertiary/aromatic N) is 2. The zero-order chi connectivity index (χ0) is 12.1. The number of pyridine rings is 1. The fourth-order valence-electron chi connectivity index (χ4n) is 1.72. The number of nitrogens with two attached hydrogens (primary N) is 1. The molecule has 0 amide bonds. The Morgan fingerprint density at radius 2 is 2.12 bits per heavy atom. The Bertz CT molecular complexity index is 336. The van der Waals surface area contributed by atoms with Gasteiger partial charge in [-0.15, -0.1) is 0 Å². The zero-order valence-corrected chi connectivity index (χ0v) is 10.8. The van der Waals surface area contributed by atoms with Crippen LogP contribution in [0, 0.1) is 12.8 Å². The van der Waals surface area contributed by atoms with Gasteiger partial charge in [0.05, 0.1) is 0 Å². The molecule has 2 N–H and O–H groups in total. The molecule has 0 aliphatic heterocycles. The second-order valence-electron chi connectivity index (χ2n) is 4.57. The smallest absolute Gasteiger partial charge is 0.128 e. The van der Waals surface area contributed by atoms with Crippen LogP contribution in [0.25, 0.3) is 0 Å². The molecule has 0 aliphatic rings. The Morgan fingerprint density at radius 3 is 2.69 bits per heavy atom. The van der Waals surface area contributed by atoms with Crippen molar-refractivity contribution in [2.45, 2.75) is 33.7 Å². The third-order valence-electron chi connectivity index (χ3n) is 2.91. The molecule has 3 nitrogen and oxygen atoms in total. The van der Waals surface area contributed by atoms with Gasteiger partial charge >= 0.3 is 0 Å². The topological polar surface area (TPSA) is 42.1 Å². The first-order valence-corrected chi connectivity index (χ1v) is 5.95. The van der Waals surface area contributed by atoms with E-state index in [2.05, 4.69) is 36.8 Å².